The van der Waals surface area contributed by atoms with Crippen molar-refractivity contribution in [2.45, 2.75) is 52.0 Å². The second kappa shape index (κ2) is 17.6. The minimum atomic E-state index is -0.179. The zero-order valence-electron chi connectivity index (χ0n) is 31.4. The first-order valence-electron chi connectivity index (χ1n) is 17.9. The van der Waals surface area contributed by atoms with Gasteiger partial charge in [0, 0.05) is 36.6 Å². The first-order valence-corrected chi connectivity index (χ1v) is 17.9. The monoisotopic (exact) mass is 722 g/mol. The second-order valence-corrected chi connectivity index (χ2v) is 13.1. The number of methoxy groups -OCH3 is 4. The van der Waals surface area contributed by atoms with Gasteiger partial charge in [-0.05, 0) is 115 Å². The third-order valence-corrected chi connectivity index (χ3v) is 9.63. The van der Waals surface area contributed by atoms with Gasteiger partial charge in [-0.15, -0.1) is 0 Å². The largest absolute Gasteiger partial charge is 0.508 e. The highest BCUT2D eigenvalue weighted by atomic mass is 16.5. The molecule has 0 bridgehead atoms. The minimum absolute atomic E-state index is 0.0267. The Hall–Kier alpha value is -5.77. The highest BCUT2D eigenvalue weighted by molar-refractivity contribution is 6.24. The maximum atomic E-state index is 14.0. The predicted molar refractivity (Wildman–Crippen MR) is 209 cm³/mol. The van der Waals surface area contributed by atoms with Crippen LogP contribution in [0.5, 0.6) is 40.2 Å². The Balaban J connectivity index is 1.21. The molecule has 0 saturated heterocycles. The SMILES string of the molecule is COc1ccc(/C=C(/C(=O)N(C)CCCCCCCCn2c(-c3ccc(O)cc3)c(C)c3cc(O)ccc32)c2cc(OC)c(OC)c(OC)c2)cc1O. The molecule has 0 aliphatic carbocycles. The highest BCUT2D eigenvalue weighted by Crippen LogP contribution is 2.41. The molecule has 3 N–H and O–H groups in total. The smallest absolute Gasteiger partial charge is 0.254 e. The first kappa shape index (κ1) is 38.5. The molecule has 0 atom stereocenters. The van der Waals surface area contributed by atoms with Crippen LogP contribution in [0.3, 0.4) is 0 Å². The highest BCUT2D eigenvalue weighted by Gasteiger charge is 2.22. The number of aryl methyl sites for hydroxylation is 2. The zero-order chi connectivity index (χ0) is 38.1. The van der Waals surface area contributed by atoms with Gasteiger partial charge in [-0.1, -0.05) is 31.7 Å². The van der Waals surface area contributed by atoms with Gasteiger partial charge < -0.3 is 43.7 Å². The molecule has 0 aliphatic rings. The van der Waals surface area contributed by atoms with E-state index in [-0.39, 0.29) is 23.2 Å². The number of nitrogens with zero attached hydrogens (tertiary/aromatic N) is 2. The molecular weight excluding hydrogens is 672 g/mol. The molecule has 280 valence electrons. The summed E-state index contributed by atoms with van der Waals surface area (Å²) in [6.45, 7) is 3.49. The number of unbranched alkanes of at least 4 members (excludes halogenated alkanes) is 5. The maximum absolute atomic E-state index is 14.0. The van der Waals surface area contributed by atoms with E-state index in [9.17, 15) is 20.1 Å². The minimum Gasteiger partial charge on any atom is -0.508 e. The third kappa shape index (κ3) is 8.83. The number of fused-ring (bicyclic) bond motifs is 1. The van der Waals surface area contributed by atoms with E-state index in [0.29, 0.717) is 46.2 Å². The standard InChI is InChI=1S/C43H50N2O8/c1-28-34-27-33(47)18-19-36(34)45(41(28)30-14-16-32(46)17-15-30)22-12-10-8-7-9-11-21-44(2)43(49)35(23-29-13-20-38(50-3)37(48)24-29)31-25-39(51-4)42(53-6)40(26-31)52-5/h13-20,23-27,46-48H,7-12,21-22H2,1-6H3/b35-23+. The molecule has 0 spiro atoms. The molecule has 4 aromatic carbocycles. The summed E-state index contributed by atoms with van der Waals surface area (Å²) in [5, 5.41) is 31.5. The van der Waals surface area contributed by atoms with Crippen LogP contribution in [0.1, 0.15) is 55.2 Å². The Labute approximate surface area is 311 Å². The lowest BCUT2D eigenvalue weighted by atomic mass is 9.99. The van der Waals surface area contributed by atoms with Crippen molar-refractivity contribution in [2.75, 3.05) is 42.0 Å². The van der Waals surface area contributed by atoms with Gasteiger partial charge in [0.2, 0.25) is 5.75 Å². The van der Waals surface area contributed by atoms with E-state index in [1.165, 1.54) is 28.4 Å². The van der Waals surface area contributed by atoms with Crippen LogP contribution in [0.15, 0.2) is 72.8 Å². The molecular formula is C43H50N2O8. The number of carbonyl (C=O) groups excluding carboxylic acids is 1. The van der Waals surface area contributed by atoms with Crippen molar-refractivity contribution >= 4 is 28.5 Å². The normalized spacial score (nSPS) is 11.5. The molecule has 53 heavy (non-hydrogen) atoms. The van der Waals surface area contributed by atoms with Crippen molar-refractivity contribution in [3.05, 3.63) is 89.5 Å². The van der Waals surface area contributed by atoms with E-state index < -0.39 is 0 Å². The van der Waals surface area contributed by atoms with E-state index in [0.717, 1.165) is 72.8 Å². The molecule has 1 heterocycles. The number of carbonyl (C=O) groups is 1. The summed E-state index contributed by atoms with van der Waals surface area (Å²) >= 11 is 0. The maximum Gasteiger partial charge on any atom is 0.254 e. The zero-order valence-corrected chi connectivity index (χ0v) is 31.4. The van der Waals surface area contributed by atoms with Gasteiger partial charge in [0.05, 0.1) is 34.1 Å². The Morgan fingerprint density at radius 3 is 1.96 bits per heavy atom. The lowest BCUT2D eigenvalue weighted by Gasteiger charge is -2.21. The van der Waals surface area contributed by atoms with Gasteiger partial charge in [-0.25, -0.2) is 0 Å². The average Bonchev–Trinajstić information content (AvgIpc) is 3.43. The summed E-state index contributed by atoms with van der Waals surface area (Å²) in [5.74, 6) is 1.89. The molecule has 5 rings (SSSR count). The van der Waals surface area contributed by atoms with Gasteiger partial charge in [0.15, 0.2) is 23.0 Å². The van der Waals surface area contributed by atoms with Crippen molar-refractivity contribution in [1.82, 2.24) is 9.47 Å². The Morgan fingerprint density at radius 1 is 0.717 bits per heavy atom. The number of benzene rings is 4. The lowest BCUT2D eigenvalue weighted by molar-refractivity contribution is -0.123. The van der Waals surface area contributed by atoms with Crippen molar-refractivity contribution in [2.24, 2.45) is 0 Å². The number of hydrogen-bond donors (Lipinski definition) is 3. The summed E-state index contributed by atoms with van der Waals surface area (Å²) in [6, 6.07) is 21.3. The fourth-order valence-corrected chi connectivity index (χ4v) is 6.84. The van der Waals surface area contributed by atoms with Crippen LogP contribution in [0.4, 0.5) is 0 Å². The summed E-state index contributed by atoms with van der Waals surface area (Å²) in [6.07, 6.45) is 7.75. The molecule has 10 nitrogen and oxygen atoms in total. The van der Waals surface area contributed by atoms with Crippen molar-refractivity contribution < 1.29 is 39.1 Å². The average molecular weight is 723 g/mol. The number of ether oxygens (including phenoxy) is 4. The molecule has 0 aliphatic heterocycles. The fraction of sp³-hybridized carbons (Fsp3) is 0.326. The predicted octanol–water partition coefficient (Wildman–Crippen LogP) is 8.81. The fourth-order valence-electron chi connectivity index (χ4n) is 6.84. The van der Waals surface area contributed by atoms with E-state index >= 15 is 0 Å². The number of phenolic OH excluding ortho intramolecular Hbond substituents is 3. The molecule has 10 heteroatoms. The molecule has 1 aromatic heterocycles. The van der Waals surface area contributed by atoms with Crippen molar-refractivity contribution in [1.29, 1.82) is 0 Å². The Kier molecular flexibility index (Phi) is 12.8. The molecule has 1 amide bonds. The summed E-state index contributed by atoms with van der Waals surface area (Å²) < 4.78 is 24.2. The van der Waals surface area contributed by atoms with E-state index in [1.807, 2.05) is 24.3 Å². The summed E-state index contributed by atoms with van der Waals surface area (Å²) in [7, 11) is 7.88. The van der Waals surface area contributed by atoms with Crippen LogP contribution in [0.25, 0.3) is 33.8 Å². The van der Waals surface area contributed by atoms with Crippen LogP contribution in [0, 0.1) is 6.92 Å². The number of hydrogen-bond acceptors (Lipinski definition) is 8. The van der Waals surface area contributed by atoms with Crippen LogP contribution >= 0.6 is 0 Å². The van der Waals surface area contributed by atoms with E-state index in [4.69, 9.17) is 18.9 Å². The van der Waals surface area contributed by atoms with Crippen LogP contribution in [-0.4, -0.2) is 72.7 Å². The molecule has 0 saturated carbocycles. The van der Waals surface area contributed by atoms with Crippen LogP contribution < -0.4 is 18.9 Å². The van der Waals surface area contributed by atoms with Gasteiger partial charge in [-0.3, -0.25) is 4.79 Å². The number of aromatic nitrogens is 1. The van der Waals surface area contributed by atoms with Gasteiger partial charge >= 0.3 is 0 Å². The molecule has 0 unspecified atom stereocenters. The molecule has 0 fully saturated rings. The summed E-state index contributed by atoms with van der Waals surface area (Å²) in [4.78, 5) is 15.8. The molecule has 0 radical (unpaired) electrons. The number of phenols is 3. The summed E-state index contributed by atoms with van der Waals surface area (Å²) in [5.41, 5.74) is 5.94. The van der Waals surface area contributed by atoms with Gasteiger partial charge in [0.1, 0.15) is 11.5 Å². The topological polar surface area (TPSA) is 123 Å². The van der Waals surface area contributed by atoms with E-state index in [1.54, 1.807) is 66.6 Å². The quantitative estimate of drug-likeness (QED) is 0.0495. The third-order valence-electron chi connectivity index (χ3n) is 9.63. The number of likely N-dealkylation sites (N-methyl/N-ethyl adjacent to an activating group) is 1. The lowest BCUT2D eigenvalue weighted by Crippen LogP contribution is -2.28. The van der Waals surface area contributed by atoms with Crippen molar-refractivity contribution in [3.63, 3.8) is 0 Å². The number of rotatable bonds is 17. The van der Waals surface area contributed by atoms with Gasteiger partial charge in [0.25, 0.3) is 5.91 Å². The number of amides is 1. The number of aromatic hydroxyl groups is 3. The van der Waals surface area contributed by atoms with Crippen molar-refractivity contribution in [3.8, 4) is 51.5 Å². The Bertz CT molecular complexity index is 2040. The van der Waals surface area contributed by atoms with Crippen LogP contribution in [-0.2, 0) is 11.3 Å². The second-order valence-electron chi connectivity index (χ2n) is 13.1. The van der Waals surface area contributed by atoms with Gasteiger partial charge in [-0.2, -0.15) is 0 Å². The first-order chi connectivity index (χ1) is 25.6. The Morgan fingerprint density at radius 2 is 1.34 bits per heavy atom. The van der Waals surface area contributed by atoms with E-state index in [2.05, 4.69) is 11.5 Å². The van der Waals surface area contributed by atoms with Crippen LogP contribution in [0.2, 0.25) is 0 Å². The molecule has 5 aromatic rings.